The summed E-state index contributed by atoms with van der Waals surface area (Å²) in [6.45, 7) is 3.71. The Bertz CT molecular complexity index is 660. The standard InChI is InChI=1S/C17H23ClN4S.HI/c1-4-16-21-15(12-23-16)8-9-20-17(19-2)22(3)11-13-6-5-7-14(18)10-13;/h5-7,10,12H,4,8-9,11H2,1-3H3,(H,19,20);1H. The third-order valence-corrected chi connectivity index (χ3v) is 4.73. The molecule has 0 fully saturated rings. The van der Waals surface area contributed by atoms with Gasteiger partial charge >= 0.3 is 0 Å². The van der Waals surface area contributed by atoms with Crippen LogP contribution < -0.4 is 5.32 Å². The van der Waals surface area contributed by atoms with Crippen molar-refractivity contribution in [2.45, 2.75) is 26.3 Å². The van der Waals surface area contributed by atoms with Gasteiger partial charge in [-0.2, -0.15) is 0 Å². The molecule has 24 heavy (non-hydrogen) atoms. The summed E-state index contributed by atoms with van der Waals surface area (Å²) in [4.78, 5) is 11.0. The molecule has 0 atom stereocenters. The Balaban J connectivity index is 0.00000288. The van der Waals surface area contributed by atoms with Crippen LogP contribution in [0.4, 0.5) is 0 Å². The summed E-state index contributed by atoms with van der Waals surface area (Å²) in [7, 11) is 3.82. The first-order valence-corrected chi connectivity index (χ1v) is 8.97. The molecule has 0 aliphatic carbocycles. The third-order valence-electron chi connectivity index (χ3n) is 3.45. The van der Waals surface area contributed by atoms with Gasteiger partial charge in [0.15, 0.2) is 5.96 Å². The van der Waals surface area contributed by atoms with Gasteiger partial charge in [-0.3, -0.25) is 4.99 Å². The fourth-order valence-electron chi connectivity index (χ4n) is 2.30. The number of aliphatic imine (C=N–C) groups is 1. The summed E-state index contributed by atoms with van der Waals surface area (Å²) < 4.78 is 0. The summed E-state index contributed by atoms with van der Waals surface area (Å²) in [5.41, 5.74) is 2.31. The van der Waals surface area contributed by atoms with Crippen molar-refractivity contribution in [1.82, 2.24) is 15.2 Å². The fraction of sp³-hybridized carbons (Fsp3) is 0.412. The minimum Gasteiger partial charge on any atom is -0.356 e. The van der Waals surface area contributed by atoms with Crippen molar-refractivity contribution < 1.29 is 0 Å². The highest BCUT2D eigenvalue weighted by atomic mass is 127. The molecule has 2 rings (SSSR count). The van der Waals surface area contributed by atoms with Gasteiger partial charge in [0, 0.05) is 44.0 Å². The average molecular weight is 479 g/mol. The van der Waals surface area contributed by atoms with E-state index in [4.69, 9.17) is 11.6 Å². The summed E-state index contributed by atoms with van der Waals surface area (Å²) in [5, 5.41) is 7.48. The van der Waals surface area contributed by atoms with Gasteiger partial charge in [0.05, 0.1) is 10.7 Å². The summed E-state index contributed by atoms with van der Waals surface area (Å²) >= 11 is 7.77. The lowest BCUT2D eigenvalue weighted by atomic mass is 10.2. The van der Waals surface area contributed by atoms with Crippen LogP contribution in [0.3, 0.4) is 0 Å². The maximum absolute atomic E-state index is 6.04. The van der Waals surface area contributed by atoms with Crippen LogP contribution in [0.5, 0.6) is 0 Å². The molecule has 1 aromatic carbocycles. The highest BCUT2D eigenvalue weighted by Crippen LogP contribution is 2.12. The number of aryl methyl sites for hydroxylation is 1. The second-order valence-corrected chi connectivity index (χ2v) is 6.68. The smallest absolute Gasteiger partial charge is 0.193 e. The molecule has 4 nitrogen and oxygen atoms in total. The molecular weight excluding hydrogens is 455 g/mol. The molecule has 0 bridgehead atoms. The molecule has 0 aliphatic rings. The van der Waals surface area contributed by atoms with Crippen molar-refractivity contribution in [3.8, 4) is 0 Å². The zero-order valence-corrected chi connectivity index (χ0v) is 18.2. The van der Waals surface area contributed by atoms with Gasteiger partial charge in [-0.05, 0) is 24.1 Å². The number of rotatable bonds is 6. The lowest BCUT2D eigenvalue weighted by molar-refractivity contribution is 0.477. The Morgan fingerprint density at radius 2 is 2.21 bits per heavy atom. The van der Waals surface area contributed by atoms with Gasteiger partial charge in [0.25, 0.3) is 0 Å². The van der Waals surface area contributed by atoms with Gasteiger partial charge in [-0.15, -0.1) is 35.3 Å². The lowest BCUT2D eigenvalue weighted by Crippen LogP contribution is -2.39. The minimum atomic E-state index is 0. The molecule has 0 spiro atoms. The molecule has 1 aromatic heterocycles. The Morgan fingerprint density at radius 1 is 1.42 bits per heavy atom. The second kappa shape index (κ2) is 10.9. The van der Waals surface area contributed by atoms with Crippen LogP contribution in [0.1, 0.15) is 23.2 Å². The van der Waals surface area contributed by atoms with Gasteiger partial charge < -0.3 is 10.2 Å². The van der Waals surface area contributed by atoms with E-state index in [1.807, 2.05) is 25.2 Å². The number of benzene rings is 1. The number of guanidine groups is 1. The SMILES string of the molecule is CCc1nc(CCNC(=NC)N(C)Cc2cccc(Cl)c2)cs1.I. The van der Waals surface area contributed by atoms with Crippen LogP contribution in [0.2, 0.25) is 5.02 Å². The van der Waals surface area contributed by atoms with E-state index in [-0.39, 0.29) is 24.0 Å². The maximum atomic E-state index is 6.04. The van der Waals surface area contributed by atoms with Gasteiger partial charge in [-0.1, -0.05) is 30.7 Å². The molecule has 0 aliphatic heterocycles. The van der Waals surface area contributed by atoms with E-state index in [1.54, 1.807) is 18.4 Å². The number of halogens is 2. The van der Waals surface area contributed by atoms with Crippen LogP contribution in [0, 0.1) is 0 Å². The second-order valence-electron chi connectivity index (χ2n) is 5.30. The highest BCUT2D eigenvalue weighted by Gasteiger charge is 2.07. The molecule has 0 unspecified atom stereocenters. The fourth-order valence-corrected chi connectivity index (χ4v) is 3.29. The van der Waals surface area contributed by atoms with E-state index in [1.165, 1.54) is 5.01 Å². The highest BCUT2D eigenvalue weighted by molar-refractivity contribution is 14.0. The largest absolute Gasteiger partial charge is 0.356 e. The predicted molar refractivity (Wildman–Crippen MR) is 115 cm³/mol. The van der Waals surface area contributed by atoms with Crippen molar-refractivity contribution in [1.29, 1.82) is 0 Å². The van der Waals surface area contributed by atoms with Crippen molar-refractivity contribution >= 4 is 52.9 Å². The number of aromatic nitrogens is 1. The third kappa shape index (κ3) is 6.57. The van der Waals surface area contributed by atoms with Crippen molar-refractivity contribution in [3.05, 3.63) is 50.9 Å². The molecule has 0 radical (unpaired) electrons. The monoisotopic (exact) mass is 478 g/mol. The van der Waals surface area contributed by atoms with Crippen molar-refractivity contribution in [3.63, 3.8) is 0 Å². The van der Waals surface area contributed by atoms with E-state index < -0.39 is 0 Å². The Kier molecular flexibility index (Phi) is 9.61. The summed E-state index contributed by atoms with van der Waals surface area (Å²) in [6.07, 6.45) is 1.91. The van der Waals surface area contributed by atoms with E-state index in [2.05, 4.69) is 38.6 Å². The lowest BCUT2D eigenvalue weighted by Gasteiger charge is -2.22. The summed E-state index contributed by atoms with van der Waals surface area (Å²) in [5.74, 6) is 0.871. The van der Waals surface area contributed by atoms with Gasteiger partial charge in [0.2, 0.25) is 0 Å². The first-order valence-electron chi connectivity index (χ1n) is 7.72. The molecule has 132 valence electrons. The Hall–Kier alpha value is -0.860. The number of nitrogens with zero attached hydrogens (tertiary/aromatic N) is 3. The van der Waals surface area contributed by atoms with Gasteiger partial charge in [0.1, 0.15) is 0 Å². The summed E-state index contributed by atoms with van der Waals surface area (Å²) in [6, 6.07) is 7.90. The topological polar surface area (TPSA) is 40.5 Å². The van der Waals surface area contributed by atoms with E-state index >= 15 is 0 Å². The normalized spacial score (nSPS) is 11.1. The van der Waals surface area contributed by atoms with Crippen LogP contribution in [0.15, 0.2) is 34.6 Å². The minimum absolute atomic E-state index is 0. The van der Waals surface area contributed by atoms with Crippen LogP contribution in [0.25, 0.3) is 0 Å². The molecule has 0 saturated heterocycles. The quantitative estimate of drug-likeness (QED) is 0.384. The van der Waals surface area contributed by atoms with Crippen molar-refractivity contribution in [2.75, 3.05) is 20.6 Å². The Morgan fingerprint density at radius 3 is 2.83 bits per heavy atom. The zero-order chi connectivity index (χ0) is 16.7. The van der Waals surface area contributed by atoms with E-state index in [9.17, 15) is 0 Å². The maximum Gasteiger partial charge on any atom is 0.193 e. The molecule has 7 heteroatoms. The molecule has 0 saturated carbocycles. The predicted octanol–water partition coefficient (Wildman–Crippen LogP) is 4.23. The Labute approximate surface area is 170 Å². The number of nitrogens with one attached hydrogen (secondary N) is 1. The molecular formula is C17H24ClIN4S. The number of hydrogen-bond donors (Lipinski definition) is 1. The number of hydrogen-bond acceptors (Lipinski definition) is 3. The van der Waals surface area contributed by atoms with E-state index in [0.29, 0.717) is 0 Å². The average Bonchev–Trinajstić information content (AvgIpc) is 2.99. The van der Waals surface area contributed by atoms with Crippen molar-refractivity contribution in [2.24, 2.45) is 4.99 Å². The van der Waals surface area contributed by atoms with E-state index in [0.717, 1.165) is 48.2 Å². The molecule has 1 heterocycles. The number of thiazole rings is 1. The van der Waals surface area contributed by atoms with Crippen LogP contribution in [-0.2, 0) is 19.4 Å². The van der Waals surface area contributed by atoms with Gasteiger partial charge in [-0.25, -0.2) is 4.98 Å². The first kappa shape index (κ1) is 21.2. The zero-order valence-electron chi connectivity index (χ0n) is 14.3. The molecule has 1 N–H and O–H groups in total. The molecule has 0 amide bonds. The first-order chi connectivity index (χ1) is 11.1. The van der Waals surface area contributed by atoms with Crippen LogP contribution >= 0.6 is 46.9 Å². The molecule has 2 aromatic rings. The van der Waals surface area contributed by atoms with Crippen LogP contribution in [-0.4, -0.2) is 36.5 Å².